The SMILES string of the molecule is CC(C)[C@@H](C)[C@@]1(C)CC[C@]2(C)[C@H]3CC[C@@H]4[C@@]5(COC[C@@]4(C)[C@@H](OC[C@](C)(N)C(C)(C)C)[C@H](n4nc(Br)nc4C(N)=O)C5)C3=CC[C@@]2(C)[C@@H]1C(=O)O. The molecule has 51 heavy (non-hydrogen) atoms. The van der Waals surface area contributed by atoms with Crippen LogP contribution in [0.25, 0.3) is 0 Å². The molecule has 5 aliphatic rings. The summed E-state index contributed by atoms with van der Waals surface area (Å²) in [6.07, 6.45) is 7.28. The Morgan fingerprint density at radius 1 is 1.10 bits per heavy atom. The first kappa shape index (κ1) is 38.9. The normalized spacial score (nSPS) is 42.5. The maximum Gasteiger partial charge on any atom is 0.307 e. The van der Waals surface area contributed by atoms with Crippen LogP contribution in [0, 0.1) is 62.1 Å². The van der Waals surface area contributed by atoms with E-state index in [1.165, 1.54) is 5.57 Å². The van der Waals surface area contributed by atoms with Crippen molar-refractivity contribution in [2.45, 2.75) is 132 Å². The van der Waals surface area contributed by atoms with E-state index in [-0.39, 0.29) is 57.4 Å². The highest BCUT2D eigenvalue weighted by Gasteiger charge is 2.72. The number of ether oxygens (including phenoxy) is 2. The van der Waals surface area contributed by atoms with Crippen molar-refractivity contribution in [3.8, 4) is 0 Å². The van der Waals surface area contributed by atoms with Crippen LogP contribution in [0.1, 0.15) is 131 Å². The number of aliphatic carboxylic acids is 1. The quantitative estimate of drug-likeness (QED) is 0.231. The Bertz CT molecular complexity index is 1600. The monoisotopic (exact) mass is 773 g/mol. The third-order valence-corrected chi connectivity index (χ3v) is 16.8. The van der Waals surface area contributed by atoms with E-state index in [1.54, 1.807) is 4.68 Å². The number of hydrogen-bond acceptors (Lipinski definition) is 7. The second-order valence-electron chi connectivity index (χ2n) is 20.0. The number of aromatic nitrogens is 3. The molecule has 286 valence electrons. The highest BCUT2D eigenvalue weighted by atomic mass is 79.9. The van der Waals surface area contributed by atoms with E-state index in [9.17, 15) is 14.7 Å². The fourth-order valence-electron chi connectivity index (χ4n) is 12.3. The van der Waals surface area contributed by atoms with E-state index in [2.05, 4.69) is 96.2 Å². The summed E-state index contributed by atoms with van der Waals surface area (Å²) >= 11 is 3.43. The van der Waals surface area contributed by atoms with Crippen molar-refractivity contribution in [2.24, 2.45) is 73.5 Å². The fraction of sp³-hybridized carbons (Fsp3) is 0.850. The average molecular weight is 775 g/mol. The molecule has 2 bridgehead atoms. The van der Waals surface area contributed by atoms with Gasteiger partial charge in [-0.15, -0.1) is 5.10 Å². The fourth-order valence-corrected chi connectivity index (χ4v) is 12.6. The van der Waals surface area contributed by atoms with Gasteiger partial charge in [0.1, 0.15) is 0 Å². The number of halogens is 1. The van der Waals surface area contributed by atoms with Gasteiger partial charge in [0.05, 0.1) is 37.9 Å². The van der Waals surface area contributed by atoms with Gasteiger partial charge in [-0.1, -0.05) is 80.9 Å². The smallest absolute Gasteiger partial charge is 0.307 e. The number of carboxylic acid groups (broad SMARTS) is 1. The number of nitrogens with zero attached hydrogens (tertiary/aromatic N) is 3. The molecule has 1 aromatic rings. The topological polar surface area (TPSA) is 156 Å². The number of allylic oxidation sites excluding steroid dienone is 1. The Hall–Kier alpha value is -1.82. The van der Waals surface area contributed by atoms with Crippen LogP contribution >= 0.6 is 15.9 Å². The Labute approximate surface area is 313 Å². The Morgan fingerprint density at radius 3 is 2.35 bits per heavy atom. The minimum Gasteiger partial charge on any atom is -0.481 e. The molecular formula is C40H64BrN5O5. The lowest BCUT2D eigenvalue weighted by Crippen LogP contribution is -2.69. The summed E-state index contributed by atoms with van der Waals surface area (Å²) < 4.78 is 15.8. The van der Waals surface area contributed by atoms with Gasteiger partial charge in [0.25, 0.3) is 5.91 Å². The van der Waals surface area contributed by atoms with Crippen LogP contribution in [0.15, 0.2) is 16.4 Å². The predicted molar refractivity (Wildman–Crippen MR) is 201 cm³/mol. The van der Waals surface area contributed by atoms with E-state index in [1.807, 2.05) is 6.92 Å². The summed E-state index contributed by atoms with van der Waals surface area (Å²) in [5.41, 5.74) is 11.7. The van der Waals surface area contributed by atoms with Gasteiger partial charge < -0.3 is 26.0 Å². The Balaban J connectivity index is 1.49. The van der Waals surface area contributed by atoms with Crippen LogP contribution in [0.4, 0.5) is 0 Å². The van der Waals surface area contributed by atoms with Gasteiger partial charge in [-0.3, -0.25) is 9.59 Å². The van der Waals surface area contributed by atoms with Crippen molar-refractivity contribution in [1.82, 2.24) is 14.8 Å². The minimum atomic E-state index is -0.661. The molecule has 12 atom stereocenters. The molecule has 1 aromatic heterocycles. The first-order valence-electron chi connectivity index (χ1n) is 19.2. The molecule has 1 amide bonds. The number of carbonyl (C=O) groups is 2. The van der Waals surface area contributed by atoms with Crippen molar-refractivity contribution in [2.75, 3.05) is 19.8 Å². The van der Waals surface area contributed by atoms with Gasteiger partial charge in [-0.25, -0.2) is 4.68 Å². The second kappa shape index (κ2) is 12.4. The molecule has 5 N–H and O–H groups in total. The summed E-state index contributed by atoms with van der Waals surface area (Å²) in [7, 11) is 0. The maximum absolute atomic E-state index is 13.5. The number of nitrogens with two attached hydrogens (primary N) is 2. The van der Waals surface area contributed by atoms with E-state index in [0.29, 0.717) is 43.3 Å². The van der Waals surface area contributed by atoms with E-state index in [4.69, 9.17) is 26.0 Å². The second-order valence-corrected chi connectivity index (χ2v) is 20.7. The molecular weight excluding hydrogens is 710 g/mol. The Kier molecular flexibility index (Phi) is 9.42. The van der Waals surface area contributed by atoms with Crippen molar-refractivity contribution in [3.05, 3.63) is 22.2 Å². The van der Waals surface area contributed by atoms with Crippen molar-refractivity contribution >= 4 is 27.8 Å². The van der Waals surface area contributed by atoms with Crippen molar-refractivity contribution in [1.29, 1.82) is 0 Å². The third-order valence-electron chi connectivity index (χ3n) is 16.5. The summed E-state index contributed by atoms with van der Waals surface area (Å²) in [5, 5.41) is 15.8. The van der Waals surface area contributed by atoms with Crippen LogP contribution in [-0.2, 0) is 14.3 Å². The molecule has 3 saturated carbocycles. The van der Waals surface area contributed by atoms with Gasteiger partial charge in [0.15, 0.2) is 0 Å². The molecule has 0 unspecified atom stereocenters. The van der Waals surface area contributed by atoms with Crippen LogP contribution in [0.5, 0.6) is 0 Å². The van der Waals surface area contributed by atoms with Gasteiger partial charge in [-0.2, -0.15) is 4.98 Å². The van der Waals surface area contributed by atoms with E-state index >= 15 is 0 Å². The third kappa shape index (κ3) is 5.46. The zero-order chi connectivity index (χ0) is 37.9. The molecule has 4 aliphatic carbocycles. The number of fused-ring (bicyclic) bond motifs is 3. The van der Waals surface area contributed by atoms with E-state index in [0.717, 1.165) is 25.7 Å². The van der Waals surface area contributed by atoms with Gasteiger partial charge in [0, 0.05) is 16.4 Å². The molecule has 0 aromatic carbocycles. The lowest BCUT2D eigenvalue weighted by atomic mass is 9.34. The zero-order valence-corrected chi connectivity index (χ0v) is 34.5. The van der Waals surface area contributed by atoms with Gasteiger partial charge in [0.2, 0.25) is 10.6 Å². The number of rotatable bonds is 8. The van der Waals surface area contributed by atoms with Crippen LogP contribution in [0.3, 0.4) is 0 Å². The molecule has 6 rings (SSSR count). The van der Waals surface area contributed by atoms with Crippen LogP contribution in [0.2, 0.25) is 0 Å². The molecule has 10 nitrogen and oxygen atoms in total. The first-order valence-corrected chi connectivity index (χ1v) is 20.0. The zero-order valence-electron chi connectivity index (χ0n) is 32.9. The highest BCUT2D eigenvalue weighted by Crippen LogP contribution is 2.75. The van der Waals surface area contributed by atoms with Gasteiger partial charge in [-0.05, 0) is 107 Å². The van der Waals surface area contributed by atoms with E-state index < -0.39 is 34.2 Å². The molecule has 1 saturated heterocycles. The number of hydrogen-bond donors (Lipinski definition) is 3. The largest absolute Gasteiger partial charge is 0.481 e. The summed E-state index contributed by atoms with van der Waals surface area (Å²) in [6.45, 7) is 25.8. The number of primary amides is 1. The standard InChI is InChI=1S/C40H64BrN5O5/c1-22(2)23(3)35(7)16-17-37(9)24-12-13-27-36(8)19-50-21-40(27,25(24)14-15-38(37,10)28(35)32(48)49)18-26(46-31(30(42)47)44-33(41)45-46)29(36)51-20-39(11,43)34(4,5)6/h14,22-24,26-29H,12-13,15-21,43H2,1-11H3,(H2,42,47)(H,48,49)/t23-,24+,26-,27+,28-,29+,35-,36-,37-,38+,39+,40+/m1/s1. The molecule has 1 aliphatic heterocycles. The van der Waals surface area contributed by atoms with Gasteiger partial charge >= 0.3 is 5.97 Å². The highest BCUT2D eigenvalue weighted by molar-refractivity contribution is 9.10. The molecule has 0 radical (unpaired) electrons. The average Bonchev–Trinajstić information content (AvgIpc) is 3.41. The molecule has 2 heterocycles. The summed E-state index contributed by atoms with van der Waals surface area (Å²) in [4.78, 5) is 30.8. The molecule has 0 spiro atoms. The molecule has 4 fully saturated rings. The number of carbonyl (C=O) groups excluding carboxylic acids is 1. The van der Waals surface area contributed by atoms with Crippen LogP contribution < -0.4 is 11.5 Å². The number of amides is 1. The predicted octanol–water partition coefficient (Wildman–Crippen LogP) is 7.42. The Morgan fingerprint density at radius 2 is 1.76 bits per heavy atom. The van der Waals surface area contributed by atoms with Crippen molar-refractivity contribution < 1.29 is 24.2 Å². The summed E-state index contributed by atoms with van der Waals surface area (Å²) in [6, 6.07) is -0.360. The summed E-state index contributed by atoms with van der Waals surface area (Å²) in [5.74, 6) is -0.528. The maximum atomic E-state index is 13.5. The van der Waals surface area contributed by atoms with Crippen molar-refractivity contribution in [3.63, 3.8) is 0 Å². The lowest BCUT2D eigenvalue weighted by Gasteiger charge is -2.71. The van der Waals surface area contributed by atoms with Crippen LogP contribution in [-0.4, -0.2) is 63.2 Å². The minimum absolute atomic E-state index is 0.101. The lowest BCUT2D eigenvalue weighted by molar-refractivity contribution is -0.253. The first-order chi connectivity index (χ1) is 23.4. The molecule has 11 heteroatoms. The number of carboxylic acids is 1.